The molecule has 3 rings (SSSR count). The second kappa shape index (κ2) is 8.68. The molecule has 1 aromatic carbocycles. The third kappa shape index (κ3) is 4.67. The molecule has 2 saturated heterocycles. The molecule has 0 aromatic heterocycles. The molecule has 0 radical (unpaired) electrons. The molecule has 0 spiro atoms. The maximum Gasteiger partial charge on any atom is 0.303 e. The highest BCUT2D eigenvalue weighted by Crippen LogP contribution is 2.41. The monoisotopic (exact) mass is 394 g/mol. The summed E-state index contributed by atoms with van der Waals surface area (Å²) in [5.41, 5.74) is 0.787. The summed E-state index contributed by atoms with van der Waals surface area (Å²) in [6.45, 7) is 3.45. The Morgan fingerprint density at radius 3 is 2.29 bits per heavy atom. The molecule has 28 heavy (non-hydrogen) atoms. The van der Waals surface area contributed by atoms with Crippen molar-refractivity contribution in [1.29, 1.82) is 0 Å². The van der Waals surface area contributed by atoms with E-state index in [4.69, 9.17) is 28.4 Å². The lowest BCUT2D eigenvalue weighted by Crippen LogP contribution is -2.46. The van der Waals surface area contributed by atoms with Gasteiger partial charge in [0.2, 0.25) is 0 Å². The number of hydrogen-bond acceptors (Lipinski definition) is 9. The van der Waals surface area contributed by atoms with Crippen molar-refractivity contribution in [2.45, 2.75) is 57.8 Å². The molecule has 0 amide bonds. The van der Waals surface area contributed by atoms with Crippen molar-refractivity contribution < 1.29 is 42.8 Å². The fourth-order valence-electron chi connectivity index (χ4n) is 3.20. The Morgan fingerprint density at radius 2 is 1.68 bits per heavy atom. The Balaban J connectivity index is 1.78. The van der Waals surface area contributed by atoms with Gasteiger partial charge in [0.05, 0.1) is 0 Å². The summed E-state index contributed by atoms with van der Waals surface area (Å²) in [6, 6.07) is 9.24. The Hall–Kier alpha value is -2.49. The first-order valence-corrected chi connectivity index (χ1v) is 8.84. The minimum Gasteiger partial charge on any atom is -0.462 e. The quantitative estimate of drug-likeness (QED) is 0.520. The van der Waals surface area contributed by atoms with Crippen molar-refractivity contribution in [1.82, 2.24) is 0 Å². The molecule has 9 heteroatoms. The number of fused-ring (bicyclic) bond motifs is 1. The van der Waals surface area contributed by atoms with Gasteiger partial charge >= 0.3 is 17.9 Å². The number of hydrogen-bond donors (Lipinski definition) is 0. The number of carbonyl (C=O) groups is 3. The maximum atomic E-state index is 11.6. The summed E-state index contributed by atoms with van der Waals surface area (Å²) in [7, 11) is 0. The second-order valence-electron chi connectivity index (χ2n) is 6.47. The first-order chi connectivity index (χ1) is 13.3. The summed E-state index contributed by atoms with van der Waals surface area (Å²) in [5.74, 6) is -1.69. The van der Waals surface area contributed by atoms with Crippen LogP contribution in [0.1, 0.15) is 32.6 Å². The third-order valence-electron chi connectivity index (χ3n) is 4.25. The van der Waals surface area contributed by atoms with Gasteiger partial charge in [0.15, 0.2) is 30.9 Å². The number of benzene rings is 1. The Labute approximate surface area is 161 Å². The van der Waals surface area contributed by atoms with Gasteiger partial charge in [-0.25, -0.2) is 0 Å². The summed E-state index contributed by atoms with van der Waals surface area (Å²) in [5, 5.41) is 0. The zero-order valence-corrected chi connectivity index (χ0v) is 15.7. The topological polar surface area (TPSA) is 107 Å². The normalized spacial score (nSPS) is 29.6. The van der Waals surface area contributed by atoms with E-state index >= 15 is 0 Å². The van der Waals surface area contributed by atoms with Gasteiger partial charge in [-0.3, -0.25) is 14.4 Å². The van der Waals surface area contributed by atoms with Gasteiger partial charge < -0.3 is 28.4 Å². The average molecular weight is 394 g/mol. The molecule has 0 saturated carbocycles. The third-order valence-corrected chi connectivity index (χ3v) is 4.25. The fourth-order valence-corrected chi connectivity index (χ4v) is 3.20. The van der Waals surface area contributed by atoms with Crippen LogP contribution in [0.3, 0.4) is 0 Å². The number of ether oxygens (including phenoxy) is 6. The van der Waals surface area contributed by atoms with E-state index in [0.717, 1.165) is 5.56 Å². The Kier molecular flexibility index (Phi) is 6.28. The lowest BCUT2D eigenvalue weighted by Gasteiger charge is -2.28. The van der Waals surface area contributed by atoms with Crippen molar-refractivity contribution in [2.24, 2.45) is 0 Å². The largest absolute Gasteiger partial charge is 0.462 e. The van der Waals surface area contributed by atoms with Crippen LogP contribution < -0.4 is 0 Å². The van der Waals surface area contributed by atoms with Crippen LogP contribution in [0.15, 0.2) is 30.3 Å². The van der Waals surface area contributed by atoms with E-state index in [1.807, 2.05) is 30.3 Å². The molecule has 0 aliphatic carbocycles. The van der Waals surface area contributed by atoms with Crippen LogP contribution in [0.5, 0.6) is 0 Å². The summed E-state index contributed by atoms with van der Waals surface area (Å²) in [6.07, 6.45) is -5.06. The molecular weight excluding hydrogens is 372 g/mol. The fraction of sp³-hybridized carbons (Fsp3) is 0.526. The number of carbonyl (C=O) groups excluding carboxylic acids is 3. The predicted molar refractivity (Wildman–Crippen MR) is 91.5 cm³/mol. The lowest BCUT2D eigenvalue weighted by molar-refractivity contribution is -0.208. The molecule has 152 valence electrons. The van der Waals surface area contributed by atoms with E-state index in [9.17, 15) is 14.4 Å². The van der Waals surface area contributed by atoms with E-state index in [-0.39, 0.29) is 6.61 Å². The van der Waals surface area contributed by atoms with Gasteiger partial charge in [0.1, 0.15) is 12.7 Å². The molecule has 2 aliphatic heterocycles. The molecule has 0 N–H and O–H groups in total. The maximum absolute atomic E-state index is 11.6. The van der Waals surface area contributed by atoms with Gasteiger partial charge in [0.25, 0.3) is 0 Å². The van der Waals surface area contributed by atoms with Gasteiger partial charge in [-0.15, -0.1) is 0 Å². The van der Waals surface area contributed by atoms with Crippen LogP contribution in [0.25, 0.3) is 0 Å². The van der Waals surface area contributed by atoms with Crippen LogP contribution in [0.4, 0.5) is 0 Å². The molecule has 2 aliphatic rings. The number of rotatable bonds is 6. The highest BCUT2D eigenvalue weighted by Gasteiger charge is 2.57. The highest BCUT2D eigenvalue weighted by atomic mass is 16.8. The van der Waals surface area contributed by atoms with Crippen molar-refractivity contribution in [3.8, 4) is 0 Å². The minimum absolute atomic E-state index is 0.251. The van der Waals surface area contributed by atoms with E-state index < -0.39 is 54.9 Å². The zero-order valence-electron chi connectivity index (χ0n) is 15.7. The molecule has 2 heterocycles. The first kappa shape index (κ1) is 20.2. The molecule has 2 fully saturated rings. The van der Waals surface area contributed by atoms with Crippen LogP contribution >= 0.6 is 0 Å². The van der Waals surface area contributed by atoms with Crippen molar-refractivity contribution in [3.63, 3.8) is 0 Å². The molecule has 9 nitrogen and oxygen atoms in total. The molecule has 1 aromatic rings. The van der Waals surface area contributed by atoms with Crippen LogP contribution in [-0.2, 0) is 42.8 Å². The lowest BCUT2D eigenvalue weighted by atomic mass is 10.1. The van der Waals surface area contributed by atoms with Gasteiger partial charge in [-0.2, -0.15) is 0 Å². The standard InChI is InChI=1S/C19H22O9/c1-10(20)23-9-14(24-11(2)21)15-16(25-12(3)22)17-19(26-15)28-18(27-17)13-7-5-4-6-8-13/h4-8,14-19H,9H2,1-3H3/t14-,15-,16+,17-,18-,19-/m1/s1. The molecule has 6 atom stereocenters. The van der Waals surface area contributed by atoms with Crippen LogP contribution in [-0.4, -0.2) is 55.2 Å². The highest BCUT2D eigenvalue weighted by molar-refractivity contribution is 5.67. The van der Waals surface area contributed by atoms with Gasteiger partial charge in [-0.05, 0) is 0 Å². The van der Waals surface area contributed by atoms with Crippen LogP contribution in [0.2, 0.25) is 0 Å². The van der Waals surface area contributed by atoms with Crippen LogP contribution in [0, 0.1) is 0 Å². The Bertz CT molecular complexity index is 719. The predicted octanol–water partition coefficient (Wildman–Crippen LogP) is 1.25. The average Bonchev–Trinajstić information content (AvgIpc) is 3.18. The van der Waals surface area contributed by atoms with E-state index in [1.54, 1.807) is 0 Å². The van der Waals surface area contributed by atoms with Crippen molar-refractivity contribution in [3.05, 3.63) is 35.9 Å². The van der Waals surface area contributed by atoms with E-state index in [1.165, 1.54) is 20.8 Å². The second-order valence-corrected chi connectivity index (χ2v) is 6.47. The van der Waals surface area contributed by atoms with Gasteiger partial charge in [0, 0.05) is 26.3 Å². The molecule has 0 bridgehead atoms. The smallest absolute Gasteiger partial charge is 0.303 e. The summed E-state index contributed by atoms with van der Waals surface area (Å²) >= 11 is 0. The van der Waals surface area contributed by atoms with Crippen molar-refractivity contribution >= 4 is 17.9 Å². The van der Waals surface area contributed by atoms with E-state index in [2.05, 4.69) is 0 Å². The number of esters is 3. The van der Waals surface area contributed by atoms with Crippen molar-refractivity contribution in [2.75, 3.05) is 6.61 Å². The Morgan fingerprint density at radius 1 is 0.964 bits per heavy atom. The minimum atomic E-state index is -0.987. The summed E-state index contributed by atoms with van der Waals surface area (Å²) < 4.78 is 33.2. The summed E-state index contributed by atoms with van der Waals surface area (Å²) in [4.78, 5) is 34.3. The van der Waals surface area contributed by atoms with Gasteiger partial charge in [-0.1, -0.05) is 30.3 Å². The SMILES string of the molecule is CC(=O)OC[C@@H](OC(C)=O)[C@H]1O[C@@H]2O[C@H](c3ccccc3)O[C@@H]2[C@H]1OC(C)=O. The molecular formula is C19H22O9. The first-order valence-electron chi connectivity index (χ1n) is 8.84. The molecule has 0 unspecified atom stereocenters. The van der Waals surface area contributed by atoms with E-state index in [0.29, 0.717) is 0 Å². The zero-order chi connectivity index (χ0) is 20.3.